The maximum atomic E-state index is 11.2. The molecule has 0 amide bonds. The lowest BCUT2D eigenvalue weighted by atomic mass is 10.2. The summed E-state index contributed by atoms with van der Waals surface area (Å²) in [6.45, 7) is 0. The average Bonchev–Trinajstić information content (AvgIpc) is 3.15. The summed E-state index contributed by atoms with van der Waals surface area (Å²) < 4.78 is 6.90. The number of thiophene rings is 1. The first-order valence-corrected chi connectivity index (χ1v) is 6.98. The standard InChI is InChI=1S/C15H12N2O2S/c1-19-14-4-2-3-13(7-14)17-8-12(9-18)15(16-17)11-5-6-20-10-11/h2-10H,1H3. The van der Waals surface area contributed by atoms with Gasteiger partial charge in [0.1, 0.15) is 11.4 Å². The van der Waals surface area contributed by atoms with Crippen molar-refractivity contribution in [1.29, 1.82) is 0 Å². The van der Waals surface area contributed by atoms with Crippen LogP contribution in [-0.4, -0.2) is 23.2 Å². The topological polar surface area (TPSA) is 44.1 Å². The molecule has 4 nitrogen and oxygen atoms in total. The SMILES string of the molecule is COc1cccc(-n2cc(C=O)c(-c3ccsc3)n2)c1. The van der Waals surface area contributed by atoms with E-state index in [4.69, 9.17) is 4.74 Å². The lowest BCUT2D eigenvalue weighted by Crippen LogP contribution is -1.95. The fourth-order valence-corrected chi connectivity index (χ4v) is 2.62. The summed E-state index contributed by atoms with van der Waals surface area (Å²) in [5.74, 6) is 0.753. The van der Waals surface area contributed by atoms with Gasteiger partial charge in [-0.1, -0.05) is 6.07 Å². The van der Waals surface area contributed by atoms with Crippen molar-refractivity contribution in [2.45, 2.75) is 0 Å². The predicted molar refractivity (Wildman–Crippen MR) is 78.8 cm³/mol. The van der Waals surface area contributed by atoms with E-state index in [2.05, 4.69) is 5.10 Å². The van der Waals surface area contributed by atoms with Crippen LogP contribution in [0.3, 0.4) is 0 Å². The van der Waals surface area contributed by atoms with Crippen molar-refractivity contribution in [2.24, 2.45) is 0 Å². The van der Waals surface area contributed by atoms with Crippen LogP contribution in [-0.2, 0) is 0 Å². The number of carbonyl (C=O) groups excluding carboxylic acids is 1. The van der Waals surface area contributed by atoms with Gasteiger partial charge in [-0.2, -0.15) is 16.4 Å². The van der Waals surface area contributed by atoms with Gasteiger partial charge in [0.05, 0.1) is 18.4 Å². The van der Waals surface area contributed by atoms with Gasteiger partial charge in [-0.25, -0.2) is 4.68 Å². The Balaban J connectivity index is 2.09. The van der Waals surface area contributed by atoms with Gasteiger partial charge in [0.25, 0.3) is 0 Å². The second-order valence-corrected chi connectivity index (χ2v) is 4.99. The minimum absolute atomic E-state index is 0.575. The first-order chi connectivity index (χ1) is 9.81. The zero-order valence-electron chi connectivity index (χ0n) is 10.8. The third-order valence-electron chi connectivity index (χ3n) is 2.98. The van der Waals surface area contributed by atoms with Gasteiger partial charge in [-0.05, 0) is 23.6 Å². The zero-order valence-corrected chi connectivity index (χ0v) is 11.6. The molecule has 0 spiro atoms. The Morgan fingerprint density at radius 1 is 1.35 bits per heavy atom. The molecule has 0 N–H and O–H groups in total. The first kappa shape index (κ1) is 12.6. The van der Waals surface area contributed by atoms with E-state index in [9.17, 15) is 4.79 Å². The second-order valence-electron chi connectivity index (χ2n) is 4.21. The molecule has 3 rings (SSSR count). The van der Waals surface area contributed by atoms with Crippen molar-refractivity contribution in [3.63, 3.8) is 0 Å². The third kappa shape index (κ3) is 2.23. The van der Waals surface area contributed by atoms with Crippen LogP contribution in [0.25, 0.3) is 16.9 Å². The highest BCUT2D eigenvalue weighted by Crippen LogP contribution is 2.25. The Kier molecular flexibility index (Phi) is 3.35. The molecule has 0 radical (unpaired) electrons. The molecule has 1 aromatic carbocycles. The number of aromatic nitrogens is 2. The Labute approximate surface area is 120 Å². The monoisotopic (exact) mass is 284 g/mol. The van der Waals surface area contributed by atoms with Crippen molar-refractivity contribution >= 4 is 17.6 Å². The fraction of sp³-hybridized carbons (Fsp3) is 0.0667. The van der Waals surface area contributed by atoms with Gasteiger partial charge in [-0.3, -0.25) is 4.79 Å². The molecule has 0 aliphatic heterocycles. The maximum absolute atomic E-state index is 11.2. The quantitative estimate of drug-likeness (QED) is 0.689. The Bertz CT molecular complexity index is 732. The van der Waals surface area contributed by atoms with Crippen LogP contribution in [0.5, 0.6) is 5.75 Å². The van der Waals surface area contributed by atoms with Crippen molar-refractivity contribution in [3.05, 3.63) is 52.9 Å². The summed E-state index contributed by atoms with van der Waals surface area (Å²) in [6.07, 6.45) is 2.56. The summed E-state index contributed by atoms with van der Waals surface area (Å²) in [5, 5.41) is 8.45. The number of nitrogens with zero attached hydrogens (tertiary/aromatic N) is 2. The summed E-state index contributed by atoms with van der Waals surface area (Å²) in [5.41, 5.74) is 3.09. The first-order valence-electron chi connectivity index (χ1n) is 6.03. The van der Waals surface area contributed by atoms with E-state index in [1.54, 1.807) is 29.3 Å². The van der Waals surface area contributed by atoms with Gasteiger partial charge in [0.15, 0.2) is 6.29 Å². The van der Waals surface area contributed by atoms with E-state index >= 15 is 0 Å². The van der Waals surface area contributed by atoms with Crippen LogP contribution in [0, 0.1) is 0 Å². The third-order valence-corrected chi connectivity index (χ3v) is 3.67. The Morgan fingerprint density at radius 2 is 2.25 bits per heavy atom. The molecule has 0 atom stereocenters. The zero-order chi connectivity index (χ0) is 13.9. The van der Waals surface area contributed by atoms with Gasteiger partial charge in [-0.15, -0.1) is 0 Å². The van der Waals surface area contributed by atoms with E-state index in [0.29, 0.717) is 11.3 Å². The normalized spacial score (nSPS) is 10.4. The molecule has 2 aromatic heterocycles. The highest BCUT2D eigenvalue weighted by Gasteiger charge is 2.12. The van der Waals surface area contributed by atoms with Gasteiger partial charge >= 0.3 is 0 Å². The van der Waals surface area contributed by atoms with Crippen molar-refractivity contribution in [3.8, 4) is 22.7 Å². The lowest BCUT2D eigenvalue weighted by Gasteiger charge is -2.03. The van der Waals surface area contributed by atoms with Crippen molar-refractivity contribution in [2.75, 3.05) is 7.11 Å². The predicted octanol–water partition coefficient (Wildman–Crippen LogP) is 3.42. The van der Waals surface area contributed by atoms with Crippen LogP contribution in [0.15, 0.2) is 47.3 Å². The molecule has 100 valence electrons. The summed E-state index contributed by atoms with van der Waals surface area (Å²) in [7, 11) is 1.62. The molecule has 20 heavy (non-hydrogen) atoms. The number of rotatable bonds is 4. The van der Waals surface area contributed by atoms with Crippen LogP contribution in [0.4, 0.5) is 0 Å². The second kappa shape index (κ2) is 5.30. The van der Waals surface area contributed by atoms with E-state index in [1.807, 2.05) is 41.1 Å². The maximum Gasteiger partial charge on any atom is 0.153 e. The van der Waals surface area contributed by atoms with E-state index < -0.39 is 0 Å². The minimum Gasteiger partial charge on any atom is -0.497 e. The van der Waals surface area contributed by atoms with E-state index in [0.717, 1.165) is 23.3 Å². The van der Waals surface area contributed by atoms with Crippen LogP contribution < -0.4 is 4.74 Å². The summed E-state index contributed by atoms with van der Waals surface area (Å²) in [4.78, 5) is 11.2. The Morgan fingerprint density at radius 3 is 2.95 bits per heavy atom. The molecule has 3 aromatic rings. The fourth-order valence-electron chi connectivity index (χ4n) is 1.98. The smallest absolute Gasteiger partial charge is 0.153 e. The molecule has 0 bridgehead atoms. The van der Waals surface area contributed by atoms with Crippen LogP contribution >= 0.6 is 11.3 Å². The van der Waals surface area contributed by atoms with E-state index in [1.165, 1.54) is 0 Å². The van der Waals surface area contributed by atoms with Crippen LogP contribution in [0.1, 0.15) is 10.4 Å². The number of benzene rings is 1. The van der Waals surface area contributed by atoms with Crippen molar-refractivity contribution in [1.82, 2.24) is 9.78 Å². The van der Waals surface area contributed by atoms with Crippen molar-refractivity contribution < 1.29 is 9.53 Å². The molecule has 5 heteroatoms. The molecule has 2 heterocycles. The molecule has 0 fully saturated rings. The molecule has 0 aliphatic carbocycles. The number of hydrogen-bond acceptors (Lipinski definition) is 4. The van der Waals surface area contributed by atoms with Gasteiger partial charge in [0, 0.05) is 23.2 Å². The number of carbonyl (C=O) groups is 1. The molecule has 0 aliphatic rings. The minimum atomic E-state index is 0.575. The molecular formula is C15H12N2O2S. The molecular weight excluding hydrogens is 272 g/mol. The Hall–Kier alpha value is -2.40. The summed E-state index contributed by atoms with van der Waals surface area (Å²) >= 11 is 1.58. The number of methoxy groups -OCH3 is 1. The van der Waals surface area contributed by atoms with Crippen LogP contribution in [0.2, 0.25) is 0 Å². The van der Waals surface area contributed by atoms with E-state index in [-0.39, 0.29) is 0 Å². The highest BCUT2D eigenvalue weighted by molar-refractivity contribution is 7.08. The van der Waals surface area contributed by atoms with Gasteiger partial charge in [0.2, 0.25) is 0 Å². The lowest BCUT2D eigenvalue weighted by molar-refractivity contribution is 0.112. The molecule has 0 saturated heterocycles. The largest absolute Gasteiger partial charge is 0.497 e. The number of hydrogen-bond donors (Lipinski definition) is 0. The number of aldehydes is 1. The molecule has 0 unspecified atom stereocenters. The molecule has 0 saturated carbocycles. The average molecular weight is 284 g/mol. The number of ether oxygens (including phenoxy) is 1. The summed E-state index contributed by atoms with van der Waals surface area (Å²) in [6, 6.07) is 9.50. The highest BCUT2D eigenvalue weighted by atomic mass is 32.1. The van der Waals surface area contributed by atoms with Gasteiger partial charge < -0.3 is 4.74 Å².